The highest BCUT2D eigenvalue weighted by Crippen LogP contribution is 2.26. The molecule has 0 bridgehead atoms. The van der Waals surface area contributed by atoms with Gasteiger partial charge in [-0.25, -0.2) is 14.4 Å². The van der Waals surface area contributed by atoms with Gasteiger partial charge in [-0.05, 0) is 36.8 Å². The van der Waals surface area contributed by atoms with Gasteiger partial charge in [-0.2, -0.15) is 0 Å². The van der Waals surface area contributed by atoms with Crippen LogP contribution in [-0.2, 0) is 4.74 Å². The summed E-state index contributed by atoms with van der Waals surface area (Å²) in [5, 5.41) is 0. The zero-order valence-corrected chi connectivity index (χ0v) is 14.4. The van der Waals surface area contributed by atoms with Crippen LogP contribution in [0.1, 0.15) is 16.8 Å². The average molecular weight is 356 g/mol. The lowest BCUT2D eigenvalue weighted by atomic mass is 9.93. The second-order valence-electron chi connectivity index (χ2n) is 6.71. The maximum atomic E-state index is 13.1. The number of carbonyl (C=O) groups is 1. The fraction of sp³-hybridized carbons (Fsp3) is 0.421. The van der Waals surface area contributed by atoms with Crippen LogP contribution < -0.4 is 4.90 Å². The summed E-state index contributed by atoms with van der Waals surface area (Å²) in [5.41, 5.74) is 0.512. The van der Waals surface area contributed by atoms with E-state index in [1.807, 2.05) is 4.90 Å². The van der Waals surface area contributed by atoms with E-state index >= 15 is 0 Å². The Bertz CT molecular complexity index is 756. The molecule has 2 aromatic rings. The molecule has 2 aliphatic heterocycles. The average Bonchev–Trinajstić information content (AvgIpc) is 2.90. The number of benzene rings is 1. The largest absolute Gasteiger partial charge is 0.374 e. The van der Waals surface area contributed by atoms with Gasteiger partial charge in [0.1, 0.15) is 5.82 Å². The van der Waals surface area contributed by atoms with Crippen molar-refractivity contribution >= 4 is 11.9 Å². The number of hydrogen-bond acceptors (Lipinski definition) is 5. The molecular weight excluding hydrogens is 335 g/mol. The van der Waals surface area contributed by atoms with E-state index in [4.69, 9.17) is 4.74 Å². The number of amides is 1. The van der Waals surface area contributed by atoms with E-state index in [0.717, 1.165) is 25.5 Å². The third-order valence-electron chi connectivity index (χ3n) is 5.06. The van der Waals surface area contributed by atoms with Crippen LogP contribution in [0.3, 0.4) is 0 Å². The number of ether oxygens (including phenoxy) is 1. The van der Waals surface area contributed by atoms with Crippen LogP contribution >= 0.6 is 0 Å². The van der Waals surface area contributed by atoms with Crippen LogP contribution in [-0.4, -0.2) is 59.7 Å². The number of nitrogens with zero attached hydrogens (tertiary/aromatic N) is 4. The molecule has 1 aromatic carbocycles. The van der Waals surface area contributed by atoms with E-state index in [-0.39, 0.29) is 17.8 Å². The predicted molar refractivity (Wildman–Crippen MR) is 94.4 cm³/mol. The lowest BCUT2D eigenvalue weighted by molar-refractivity contribution is -0.0169. The van der Waals surface area contributed by atoms with Gasteiger partial charge in [-0.1, -0.05) is 0 Å². The Morgan fingerprint density at radius 3 is 2.65 bits per heavy atom. The molecule has 136 valence electrons. The lowest BCUT2D eigenvalue weighted by Gasteiger charge is -2.38. The van der Waals surface area contributed by atoms with Crippen molar-refractivity contribution in [1.82, 2.24) is 14.9 Å². The van der Waals surface area contributed by atoms with E-state index in [9.17, 15) is 9.18 Å². The summed E-state index contributed by atoms with van der Waals surface area (Å²) in [4.78, 5) is 25.3. The smallest absolute Gasteiger partial charge is 0.253 e. The maximum Gasteiger partial charge on any atom is 0.253 e. The van der Waals surface area contributed by atoms with Gasteiger partial charge in [0.15, 0.2) is 0 Å². The van der Waals surface area contributed by atoms with Crippen LogP contribution in [0, 0.1) is 11.7 Å². The van der Waals surface area contributed by atoms with E-state index in [1.165, 1.54) is 24.3 Å². The predicted octanol–water partition coefficient (Wildman–Crippen LogP) is 1.98. The van der Waals surface area contributed by atoms with Gasteiger partial charge < -0.3 is 14.5 Å². The highest BCUT2D eigenvalue weighted by molar-refractivity contribution is 5.94. The zero-order valence-electron chi connectivity index (χ0n) is 14.4. The van der Waals surface area contributed by atoms with Crippen molar-refractivity contribution in [2.75, 3.05) is 37.7 Å². The first-order valence-corrected chi connectivity index (χ1v) is 8.89. The summed E-state index contributed by atoms with van der Waals surface area (Å²) in [6.07, 6.45) is 4.35. The van der Waals surface area contributed by atoms with Crippen LogP contribution in [0.5, 0.6) is 0 Å². The number of hydrogen-bond donors (Lipinski definition) is 0. The Morgan fingerprint density at radius 1 is 1.12 bits per heavy atom. The topological polar surface area (TPSA) is 58.6 Å². The second kappa shape index (κ2) is 7.37. The second-order valence-corrected chi connectivity index (χ2v) is 6.71. The maximum absolute atomic E-state index is 13.1. The molecular formula is C19H21FN4O2. The third-order valence-corrected chi connectivity index (χ3v) is 5.06. The standard InChI is InChI=1S/C19H21FN4O2/c20-16-4-2-14(3-5-16)18(25)23-9-6-15-12-24(10-11-26-17(15)13-23)19-21-7-1-8-22-19/h1-5,7-8,15,17H,6,9-13H2/t15-,17-/m0/s1. The zero-order chi connectivity index (χ0) is 17.9. The minimum absolute atomic E-state index is 0.00172. The number of halogens is 1. The summed E-state index contributed by atoms with van der Waals surface area (Å²) in [6, 6.07) is 7.51. The molecule has 1 aromatic heterocycles. The Hall–Kier alpha value is -2.54. The number of fused-ring (bicyclic) bond motifs is 1. The van der Waals surface area contributed by atoms with E-state index in [0.29, 0.717) is 31.2 Å². The van der Waals surface area contributed by atoms with E-state index < -0.39 is 0 Å². The SMILES string of the molecule is O=C(c1ccc(F)cc1)N1CC[C@H]2CN(c3ncccn3)CCO[C@H]2C1. The molecule has 0 unspecified atom stereocenters. The summed E-state index contributed by atoms with van der Waals surface area (Å²) >= 11 is 0. The normalized spacial score (nSPS) is 23.3. The van der Waals surface area contributed by atoms with E-state index in [1.54, 1.807) is 18.5 Å². The van der Waals surface area contributed by atoms with Gasteiger partial charge in [0.05, 0.1) is 12.7 Å². The molecule has 3 heterocycles. The number of carbonyl (C=O) groups excluding carboxylic acids is 1. The molecule has 0 N–H and O–H groups in total. The number of aromatic nitrogens is 2. The number of piperidine rings is 1. The quantitative estimate of drug-likeness (QED) is 0.824. The molecule has 0 spiro atoms. The van der Waals surface area contributed by atoms with E-state index in [2.05, 4.69) is 14.9 Å². The van der Waals surface area contributed by atoms with Gasteiger partial charge in [-0.3, -0.25) is 4.79 Å². The van der Waals surface area contributed by atoms with Gasteiger partial charge in [-0.15, -0.1) is 0 Å². The van der Waals surface area contributed by atoms with Crippen LogP contribution in [0.2, 0.25) is 0 Å². The highest BCUT2D eigenvalue weighted by Gasteiger charge is 2.35. The number of anilines is 1. The molecule has 4 rings (SSSR count). The Balaban J connectivity index is 1.43. The van der Waals surface area contributed by atoms with Crippen molar-refractivity contribution in [3.8, 4) is 0 Å². The first-order valence-electron chi connectivity index (χ1n) is 8.89. The van der Waals surface area contributed by atoms with Gasteiger partial charge >= 0.3 is 0 Å². The third kappa shape index (κ3) is 3.53. The number of rotatable bonds is 2. The summed E-state index contributed by atoms with van der Waals surface area (Å²) in [6.45, 7) is 3.38. The van der Waals surface area contributed by atoms with Crippen molar-refractivity contribution < 1.29 is 13.9 Å². The molecule has 2 fully saturated rings. The Kier molecular flexibility index (Phi) is 4.79. The molecule has 2 atom stereocenters. The minimum Gasteiger partial charge on any atom is -0.374 e. The van der Waals surface area contributed by atoms with Crippen LogP contribution in [0.15, 0.2) is 42.7 Å². The first-order chi connectivity index (χ1) is 12.7. The molecule has 2 saturated heterocycles. The first kappa shape index (κ1) is 16.9. The molecule has 6 nitrogen and oxygen atoms in total. The van der Waals surface area contributed by atoms with Crippen LogP contribution in [0.25, 0.3) is 0 Å². The van der Waals surface area contributed by atoms with Gasteiger partial charge in [0.2, 0.25) is 5.95 Å². The fourth-order valence-corrected chi connectivity index (χ4v) is 3.65. The monoisotopic (exact) mass is 356 g/mol. The summed E-state index contributed by atoms with van der Waals surface area (Å²) < 4.78 is 19.1. The fourth-order valence-electron chi connectivity index (χ4n) is 3.65. The summed E-state index contributed by atoms with van der Waals surface area (Å²) in [5.74, 6) is 0.648. The number of likely N-dealkylation sites (tertiary alicyclic amines) is 1. The molecule has 2 aliphatic rings. The van der Waals surface area contributed by atoms with Gasteiger partial charge in [0.25, 0.3) is 5.91 Å². The highest BCUT2D eigenvalue weighted by atomic mass is 19.1. The Morgan fingerprint density at radius 2 is 1.88 bits per heavy atom. The molecule has 0 saturated carbocycles. The van der Waals surface area contributed by atoms with Gasteiger partial charge in [0, 0.05) is 50.1 Å². The molecule has 26 heavy (non-hydrogen) atoms. The van der Waals surface area contributed by atoms with Crippen LogP contribution in [0.4, 0.5) is 10.3 Å². The molecule has 1 amide bonds. The minimum atomic E-state index is -0.337. The molecule has 7 heteroatoms. The van der Waals surface area contributed by atoms with Crippen molar-refractivity contribution in [1.29, 1.82) is 0 Å². The Labute approximate surface area is 151 Å². The molecule has 0 radical (unpaired) electrons. The molecule has 0 aliphatic carbocycles. The van der Waals surface area contributed by atoms with Crippen molar-refractivity contribution in [3.63, 3.8) is 0 Å². The van der Waals surface area contributed by atoms with Crippen molar-refractivity contribution in [3.05, 3.63) is 54.1 Å². The summed E-state index contributed by atoms with van der Waals surface area (Å²) in [7, 11) is 0. The van der Waals surface area contributed by atoms with Crippen molar-refractivity contribution in [2.45, 2.75) is 12.5 Å². The lowest BCUT2D eigenvalue weighted by Crippen LogP contribution is -2.49. The van der Waals surface area contributed by atoms with Crippen molar-refractivity contribution in [2.24, 2.45) is 5.92 Å².